The normalized spacial score (nSPS) is 26.3. The maximum Gasteiger partial charge on any atom is 0.267 e. The molecule has 4 bridgehead atoms. The summed E-state index contributed by atoms with van der Waals surface area (Å²) in [5, 5.41) is 2.83. The van der Waals surface area contributed by atoms with Gasteiger partial charge in [0.2, 0.25) is 0 Å². The van der Waals surface area contributed by atoms with Crippen LogP contribution in [0.4, 0.5) is 0 Å². The molecular formula is C43H45IrN5O2-2. The van der Waals surface area contributed by atoms with Crippen LogP contribution in [-0.4, -0.2) is 23.8 Å². The van der Waals surface area contributed by atoms with E-state index in [0.29, 0.717) is 17.5 Å². The van der Waals surface area contributed by atoms with Crippen molar-refractivity contribution in [2.45, 2.75) is 116 Å². The summed E-state index contributed by atoms with van der Waals surface area (Å²) in [6.07, 6.45) is 8.57. The van der Waals surface area contributed by atoms with E-state index in [2.05, 4.69) is 112 Å². The molecule has 0 amide bonds. The zero-order valence-electron chi connectivity index (χ0n) is 31.0. The first kappa shape index (κ1) is 34.4. The van der Waals surface area contributed by atoms with Crippen LogP contribution in [0.1, 0.15) is 128 Å². The average molecular weight is 856 g/mol. The number of nitrogens with zero attached hydrogens (tertiary/aromatic N) is 5. The van der Waals surface area contributed by atoms with Crippen molar-refractivity contribution in [2.24, 2.45) is 10.8 Å². The second-order valence-corrected chi connectivity index (χ2v) is 18.0. The number of rotatable bonds is 0. The largest absolute Gasteiger partial charge is 0.348 e. The van der Waals surface area contributed by atoms with Gasteiger partial charge in [0.15, 0.2) is 0 Å². The van der Waals surface area contributed by atoms with Crippen LogP contribution in [0, 0.1) is 23.0 Å². The van der Waals surface area contributed by atoms with Crippen LogP contribution in [-0.2, 0) is 36.4 Å². The van der Waals surface area contributed by atoms with Gasteiger partial charge in [-0.05, 0) is 77.4 Å². The van der Waals surface area contributed by atoms with Gasteiger partial charge in [0.05, 0.1) is 11.3 Å². The predicted molar refractivity (Wildman–Crippen MR) is 198 cm³/mol. The fourth-order valence-corrected chi connectivity index (χ4v) is 10.5. The van der Waals surface area contributed by atoms with Crippen LogP contribution in [0.3, 0.4) is 0 Å². The Kier molecular flexibility index (Phi) is 7.18. The molecule has 4 aliphatic rings. The second-order valence-electron chi connectivity index (χ2n) is 18.0. The van der Waals surface area contributed by atoms with Crippen molar-refractivity contribution >= 4 is 33.0 Å². The standard InChI is InChI=1S/C23H26N3O.C20H19N2O.Ir/c1-21(2,3)16-8-7-13-15(24-16)10-12-26-18-17(20(27)25-19(13)26)14-9-11-23(18,6)22(14,4)5;1-19(2)14-8-10-20(19,3)16-15(14)18(23)21-17-13-7-5-4-6-12(13)9-11-22(16)17;/h8,10,12,14H,9,11H2,1-6H3;4-6,9,11,14H,8,10H2,1-3H3;/q2*-1;. The van der Waals surface area contributed by atoms with E-state index in [4.69, 9.17) is 4.98 Å². The minimum atomic E-state index is -0.0627. The molecule has 5 aromatic heterocycles. The third-order valence-electron chi connectivity index (χ3n) is 14.3. The van der Waals surface area contributed by atoms with Crippen molar-refractivity contribution in [1.29, 1.82) is 0 Å². The number of hydrogen-bond acceptors (Lipinski definition) is 5. The number of pyridine rings is 3. The summed E-state index contributed by atoms with van der Waals surface area (Å²) in [6, 6.07) is 18.6. The molecule has 0 aliphatic heterocycles. The van der Waals surface area contributed by atoms with Gasteiger partial charge in [0, 0.05) is 53.5 Å². The fourth-order valence-electron chi connectivity index (χ4n) is 10.5. The molecule has 8 heteroatoms. The maximum absolute atomic E-state index is 13.1. The van der Waals surface area contributed by atoms with Gasteiger partial charge in [0.25, 0.3) is 11.1 Å². The van der Waals surface area contributed by atoms with E-state index >= 15 is 0 Å². The van der Waals surface area contributed by atoms with Gasteiger partial charge >= 0.3 is 0 Å². The maximum atomic E-state index is 13.1. The molecule has 4 unspecified atom stereocenters. The molecule has 0 spiro atoms. The molecule has 6 aromatic rings. The summed E-state index contributed by atoms with van der Waals surface area (Å²) in [5.41, 5.74) is 7.57. The summed E-state index contributed by atoms with van der Waals surface area (Å²) in [6.45, 7) is 20.3. The minimum absolute atomic E-state index is 0. The van der Waals surface area contributed by atoms with Gasteiger partial charge in [-0.25, -0.2) is 9.97 Å². The van der Waals surface area contributed by atoms with Gasteiger partial charge < -0.3 is 13.8 Å². The zero-order valence-corrected chi connectivity index (χ0v) is 33.4. The topological polar surface area (TPSA) is 81.6 Å². The molecule has 2 fully saturated rings. The predicted octanol–water partition coefficient (Wildman–Crippen LogP) is 8.34. The van der Waals surface area contributed by atoms with Crippen molar-refractivity contribution in [1.82, 2.24) is 23.8 Å². The Morgan fingerprint density at radius 1 is 0.725 bits per heavy atom. The fraction of sp³-hybridized carbons (Fsp3) is 0.465. The van der Waals surface area contributed by atoms with E-state index < -0.39 is 0 Å². The Hall–Kier alpha value is -3.74. The van der Waals surface area contributed by atoms with Crippen LogP contribution in [0.25, 0.3) is 33.0 Å². The molecule has 7 nitrogen and oxygen atoms in total. The van der Waals surface area contributed by atoms with Crippen LogP contribution >= 0.6 is 0 Å². The first-order valence-electron chi connectivity index (χ1n) is 18.2. The quantitative estimate of drug-likeness (QED) is 0.113. The van der Waals surface area contributed by atoms with E-state index in [1.165, 1.54) is 5.69 Å². The van der Waals surface area contributed by atoms with Crippen molar-refractivity contribution in [2.75, 3.05) is 0 Å². The molecule has 0 N–H and O–H groups in total. The molecule has 2 saturated carbocycles. The average Bonchev–Trinajstić information content (AvgIpc) is 3.59. The summed E-state index contributed by atoms with van der Waals surface area (Å²) >= 11 is 0. The van der Waals surface area contributed by atoms with Gasteiger partial charge in [-0.15, -0.1) is 47.2 Å². The molecule has 0 saturated heterocycles. The van der Waals surface area contributed by atoms with E-state index in [-0.39, 0.29) is 58.3 Å². The number of aromatic nitrogens is 5. The molecule has 51 heavy (non-hydrogen) atoms. The van der Waals surface area contributed by atoms with Gasteiger partial charge in [0.1, 0.15) is 0 Å². The molecule has 1 radical (unpaired) electrons. The van der Waals surface area contributed by atoms with Gasteiger partial charge in [-0.1, -0.05) is 79.8 Å². The van der Waals surface area contributed by atoms with Crippen molar-refractivity contribution in [3.8, 4) is 0 Å². The first-order valence-corrected chi connectivity index (χ1v) is 18.2. The zero-order chi connectivity index (χ0) is 35.3. The van der Waals surface area contributed by atoms with E-state index in [1.807, 2.05) is 30.3 Å². The SMILES string of the molecule is CC(C)(C)c1c[c-]c2c(ccn3c4c(c(=O)nc23)C2CCC4(C)C2(C)C)n1.CC12CCC(c3c1n1ccc4ccc[c-]c4c1nc3=O)C2(C)C.[Ir]. The summed E-state index contributed by atoms with van der Waals surface area (Å²) in [4.78, 5) is 39.7. The minimum Gasteiger partial charge on any atom is -0.348 e. The van der Waals surface area contributed by atoms with E-state index in [1.54, 1.807) is 0 Å². The molecule has 10 rings (SSSR count). The number of hydrogen-bond donors (Lipinski definition) is 0. The molecular weight excluding hydrogens is 811 g/mol. The van der Waals surface area contributed by atoms with Crippen LogP contribution in [0.2, 0.25) is 0 Å². The monoisotopic (exact) mass is 856 g/mol. The Labute approximate surface area is 312 Å². The molecule has 1 aromatic carbocycles. The summed E-state index contributed by atoms with van der Waals surface area (Å²) < 4.78 is 4.31. The molecule has 4 aliphatic carbocycles. The van der Waals surface area contributed by atoms with Gasteiger partial charge in [-0.2, -0.15) is 0 Å². The van der Waals surface area contributed by atoms with E-state index in [9.17, 15) is 9.59 Å². The number of benzene rings is 1. The number of fused-ring (bicyclic) bond motifs is 18. The van der Waals surface area contributed by atoms with Crippen LogP contribution in [0.5, 0.6) is 0 Å². The Bertz CT molecular complexity index is 2600. The molecule has 5 heterocycles. The van der Waals surface area contributed by atoms with E-state index in [0.717, 1.165) is 75.5 Å². The van der Waals surface area contributed by atoms with Crippen molar-refractivity contribution in [3.63, 3.8) is 0 Å². The van der Waals surface area contributed by atoms with Crippen LogP contribution in [0.15, 0.2) is 58.4 Å². The molecule has 4 atom stereocenters. The molecule has 265 valence electrons. The van der Waals surface area contributed by atoms with Crippen molar-refractivity contribution < 1.29 is 20.1 Å². The summed E-state index contributed by atoms with van der Waals surface area (Å²) in [7, 11) is 0. The third-order valence-corrected chi connectivity index (χ3v) is 14.3. The Morgan fingerprint density at radius 3 is 1.80 bits per heavy atom. The summed E-state index contributed by atoms with van der Waals surface area (Å²) in [5.74, 6) is 0.630. The first-order chi connectivity index (χ1) is 23.5. The van der Waals surface area contributed by atoms with Crippen LogP contribution < -0.4 is 11.1 Å². The Balaban J connectivity index is 0.000000145. The Morgan fingerprint density at radius 2 is 1.25 bits per heavy atom. The van der Waals surface area contributed by atoms with Crippen molar-refractivity contribution in [3.05, 3.63) is 110 Å². The third kappa shape index (κ3) is 4.24. The second kappa shape index (κ2) is 10.7. The van der Waals surface area contributed by atoms with Gasteiger partial charge in [-0.3, -0.25) is 9.59 Å². The smallest absolute Gasteiger partial charge is 0.267 e.